The highest BCUT2D eigenvalue weighted by Crippen LogP contribution is 2.20. The van der Waals surface area contributed by atoms with Gasteiger partial charge in [0.05, 0.1) is 12.7 Å². The third-order valence-corrected chi connectivity index (χ3v) is 6.33. The highest BCUT2D eigenvalue weighted by Gasteiger charge is 2.40. The summed E-state index contributed by atoms with van der Waals surface area (Å²) < 4.78 is 0. The number of amides is 4. The van der Waals surface area contributed by atoms with Crippen molar-refractivity contribution in [3.05, 3.63) is 24.3 Å². The van der Waals surface area contributed by atoms with Crippen molar-refractivity contribution in [2.24, 2.45) is 5.92 Å². The van der Waals surface area contributed by atoms with E-state index in [2.05, 4.69) is 25.9 Å². The van der Waals surface area contributed by atoms with Crippen molar-refractivity contribution >= 4 is 23.6 Å². The minimum Gasteiger partial charge on any atom is -0.354 e. The predicted molar refractivity (Wildman–Crippen MR) is 113 cm³/mol. The van der Waals surface area contributed by atoms with Crippen molar-refractivity contribution in [1.29, 1.82) is 0 Å². The Bertz CT molecular complexity index is 859. The Hall–Kier alpha value is -3.08. The Morgan fingerprint density at radius 3 is 2.59 bits per heavy atom. The van der Waals surface area contributed by atoms with E-state index in [-0.39, 0.29) is 36.5 Å². The molecular weight excluding hydrogens is 414 g/mol. The molecule has 0 aliphatic carbocycles. The lowest BCUT2D eigenvalue weighted by atomic mass is 9.95. The van der Waals surface area contributed by atoms with Gasteiger partial charge in [-0.05, 0) is 38.8 Å². The summed E-state index contributed by atoms with van der Waals surface area (Å²) in [6.07, 6.45) is 7.08. The second-order valence-electron chi connectivity index (χ2n) is 8.41. The summed E-state index contributed by atoms with van der Waals surface area (Å²) in [4.78, 5) is 62.7. The van der Waals surface area contributed by atoms with Crippen molar-refractivity contribution < 1.29 is 19.2 Å². The molecule has 1 aromatic rings. The molecule has 11 heteroatoms. The number of nitrogens with one attached hydrogen (secondary N) is 3. The minimum atomic E-state index is -0.904. The van der Waals surface area contributed by atoms with Crippen LogP contribution in [-0.2, 0) is 14.4 Å². The van der Waals surface area contributed by atoms with E-state index in [1.807, 2.05) is 0 Å². The number of piperazine rings is 1. The number of hydrogen-bond acceptors (Lipinski definition) is 7. The zero-order valence-corrected chi connectivity index (χ0v) is 18.0. The molecule has 0 radical (unpaired) electrons. The van der Waals surface area contributed by atoms with Crippen molar-refractivity contribution in [2.45, 2.75) is 37.8 Å². The summed E-state index contributed by atoms with van der Waals surface area (Å²) in [5.74, 6) is -1.14. The Kier molecular flexibility index (Phi) is 6.93. The fourth-order valence-corrected chi connectivity index (χ4v) is 4.51. The third-order valence-electron chi connectivity index (χ3n) is 6.33. The van der Waals surface area contributed by atoms with Crippen LogP contribution in [0.4, 0.5) is 0 Å². The van der Waals surface area contributed by atoms with Gasteiger partial charge in [0, 0.05) is 37.9 Å². The Labute approximate surface area is 186 Å². The summed E-state index contributed by atoms with van der Waals surface area (Å²) in [5.41, 5.74) is 0.138. The molecule has 3 aliphatic rings. The van der Waals surface area contributed by atoms with Gasteiger partial charge in [0.1, 0.15) is 17.8 Å². The molecule has 0 aromatic carbocycles. The van der Waals surface area contributed by atoms with Gasteiger partial charge in [0.2, 0.25) is 17.7 Å². The molecule has 3 aliphatic heterocycles. The first-order chi connectivity index (χ1) is 15.5. The third kappa shape index (κ3) is 4.87. The van der Waals surface area contributed by atoms with Gasteiger partial charge in [0.25, 0.3) is 5.91 Å². The first kappa shape index (κ1) is 22.1. The highest BCUT2D eigenvalue weighted by molar-refractivity contribution is 5.97. The standard InChI is InChI=1S/C21H29N7O4/c29-18-15(2-1-5-25-18)26-19(30)17-13-27(20(31)14-3-6-22-7-4-14)10-11-28(17)21(32)16-12-23-8-9-24-16/h8-9,12,14-15,17,22H,1-7,10-11,13H2,(H,25,29)(H,26,30)/t15-,17-/m0/s1. The maximum Gasteiger partial charge on any atom is 0.274 e. The minimum absolute atomic E-state index is 0.0197. The molecule has 4 rings (SSSR count). The van der Waals surface area contributed by atoms with Gasteiger partial charge in [-0.25, -0.2) is 4.98 Å². The molecule has 0 bridgehead atoms. The van der Waals surface area contributed by atoms with Crippen LogP contribution in [0.15, 0.2) is 18.6 Å². The van der Waals surface area contributed by atoms with Crippen LogP contribution in [0.5, 0.6) is 0 Å². The van der Waals surface area contributed by atoms with Crippen molar-refractivity contribution in [3.8, 4) is 0 Å². The Morgan fingerprint density at radius 1 is 1.06 bits per heavy atom. The fraction of sp³-hybridized carbons (Fsp3) is 0.619. The number of carbonyl (C=O) groups is 4. The van der Waals surface area contributed by atoms with Gasteiger partial charge >= 0.3 is 0 Å². The molecule has 4 amide bonds. The summed E-state index contributed by atoms with van der Waals surface area (Å²) in [5, 5.41) is 8.78. The van der Waals surface area contributed by atoms with Gasteiger partial charge in [-0.3, -0.25) is 24.2 Å². The van der Waals surface area contributed by atoms with Crippen molar-refractivity contribution in [1.82, 2.24) is 35.7 Å². The van der Waals surface area contributed by atoms with Crippen LogP contribution < -0.4 is 16.0 Å². The van der Waals surface area contributed by atoms with Crippen molar-refractivity contribution in [2.75, 3.05) is 39.3 Å². The molecule has 2 atom stereocenters. The highest BCUT2D eigenvalue weighted by atomic mass is 16.2. The monoisotopic (exact) mass is 443 g/mol. The SMILES string of the molecule is O=C1NCCC[C@@H]1NC(=O)[C@@H]1CN(C(=O)C2CCNCC2)CCN1C(=O)c1cnccn1. The molecule has 0 unspecified atom stereocenters. The molecule has 3 fully saturated rings. The smallest absolute Gasteiger partial charge is 0.274 e. The molecular formula is C21H29N7O4. The lowest BCUT2D eigenvalue weighted by molar-refractivity contribution is -0.142. The number of nitrogens with zero attached hydrogens (tertiary/aromatic N) is 4. The van der Waals surface area contributed by atoms with Gasteiger partial charge < -0.3 is 25.8 Å². The normalized spacial score (nSPS) is 24.6. The van der Waals surface area contributed by atoms with Gasteiger partial charge in [-0.15, -0.1) is 0 Å². The first-order valence-electron chi connectivity index (χ1n) is 11.2. The molecule has 1 aromatic heterocycles. The molecule has 0 spiro atoms. The Balaban J connectivity index is 1.51. The van der Waals surface area contributed by atoms with E-state index < -0.39 is 23.9 Å². The van der Waals surface area contributed by atoms with Crippen LogP contribution in [-0.4, -0.2) is 94.7 Å². The van der Waals surface area contributed by atoms with E-state index in [0.29, 0.717) is 19.5 Å². The largest absolute Gasteiger partial charge is 0.354 e. The van der Waals surface area contributed by atoms with Crippen LogP contribution in [0.1, 0.15) is 36.2 Å². The number of rotatable bonds is 4. The number of carbonyl (C=O) groups excluding carboxylic acids is 4. The molecule has 3 saturated heterocycles. The van der Waals surface area contributed by atoms with E-state index in [0.717, 1.165) is 32.4 Å². The van der Waals surface area contributed by atoms with Crippen LogP contribution in [0.2, 0.25) is 0 Å². The number of piperidine rings is 2. The zero-order valence-electron chi connectivity index (χ0n) is 18.0. The second kappa shape index (κ2) is 10.0. The average molecular weight is 444 g/mol. The van der Waals surface area contributed by atoms with E-state index in [1.165, 1.54) is 23.5 Å². The molecule has 4 heterocycles. The predicted octanol–water partition coefficient (Wildman–Crippen LogP) is -1.48. The summed E-state index contributed by atoms with van der Waals surface area (Å²) >= 11 is 0. The maximum atomic E-state index is 13.2. The van der Waals surface area contributed by atoms with E-state index >= 15 is 0 Å². The number of aromatic nitrogens is 2. The Morgan fingerprint density at radius 2 is 1.88 bits per heavy atom. The van der Waals surface area contributed by atoms with Crippen LogP contribution in [0.25, 0.3) is 0 Å². The zero-order chi connectivity index (χ0) is 22.5. The van der Waals surface area contributed by atoms with E-state index in [9.17, 15) is 19.2 Å². The summed E-state index contributed by atoms with van der Waals surface area (Å²) in [7, 11) is 0. The second-order valence-corrected chi connectivity index (χ2v) is 8.41. The molecule has 11 nitrogen and oxygen atoms in total. The molecule has 32 heavy (non-hydrogen) atoms. The van der Waals surface area contributed by atoms with Crippen LogP contribution >= 0.6 is 0 Å². The van der Waals surface area contributed by atoms with Gasteiger partial charge in [-0.1, -0.05) is 0 Å². The van der Waals surface area contributed by atoms with Crippen LogP contribution in [0.3, 0.4) is 0 Å². The average Bonchev–Trinajstić information content (AvgIpc) is 2.85. The van der Waals surface area contributed by atoms with Crippen molar-refractivity contribution in [3.63, 3.8) is 0 Å². The molecule has 3 N–H and O–H groups in total. The topological polar surface area (TPSA) is 137 Å². The summed E-state index contributed by atoms with van der Waals surface area (Å²) in [6.45, 7) is 2.83. The lowest BCUT2D eigenvalue weighted by Gasteiger charge is -2.42. The van der Waals surface area contributed by atoms with Gasteiger partial charge in [0.15, 0.2) is 0 Å². The van der Waals surface area contributed by atoms with E-state index in [1.54, 1.807) is 4.90 Å². The van der Waals surface area contributed by atoms with E-state index in [4.69, 9.17) is 0 Å². The molecule has 0 saturated carbocycles. The lowest BCUT2D eigenvalue weighted by Crippen LogP contribution is -2.64. The molecule has 172 valence electrons. The first-order valence-corrected chi connectivity index (χ1v) is 11.2. The van der Waals surface area contributed by atoms with Gasteiger partial charge in [-0.2, -0.15) is 0 Å². The summed E-state index contributed by atoms with van der Waals surface area (Å²) in [6, 6.07) is -1.54. The fourth-order valence-electron chi connectivity index (χ4n) is 4.51. The van der Waals surface area contributed by atoms with Crippen LogP contribution in [0, 0.1) is 5.92 Å². The quantitative estimate of drug-likeness (QED) is 0.516. The maximum absolute atomic E-state index is 13.2. The number of hydrogen-bond donors (Lipinski definition) is 3.